The third-order valence-corrected chi connectivity index (χ3v) is 3.10. The van der Waals surface area contributed by atoms with Gasteiger partial charge in [-0.15, -0.1) is 0 Å². The topological polar surface area (TPSA) is 52.6 Å². The number of Topliss-reactive ketones (excluding diaryl/α,β-unsaturated/α-hetero) is 2. The third kappa shape index (κ3) is 4.15. The minimum absolute atomic E-state index is 0.180. The van der Waals surface area contributed by atoms with Crippen LogP contribution in [0, 0.1) is 11.6 Å². The van der Waals surface area contributed by atoms with Crippen LogP contribution in [0.15, 0.2) is 36.4 Å². The second kappa shape index (κ2) is 7.04. The Bertz CT molecular complexity index is 698. The second-order valence-corrected chi connectivity index (χ2v) is 4.81. The van der Waals surface area contributed by atoms with Gasteiger partial charge < -0.3 is 9.31 Å². The molecular weight excluding hydrogens is 305 g/mol. The SMILES string of the molecule is CC(=O)c1ccc(F)c(OBOc2cc(C(C)=O)ccc2F)c1. The lowest BCUT2D eigenvalue weighted by molar-refractivity contribution is 0.100. The molecule has 118 valence electrons. The van der Waals surface area contributed by atoms with Gasteiger partial charge in [-0.2, -0.15) is 0 Å². The Morgan fingerprint density at radius 3 is 1.57 bits per heavy atom. The van der Waals surface area contributed by atoms with Gasteiger partial charge in [-0.05, 0) is 50.2 Å². The van der Waals surface area contributed by atoms with Crippen LogP contribution in [0.3, 0.4) is 0 Å². The summed E-state index contributed by atoms with van der Waals surface area (Å²) in [5, 5.41) is 0. The summed E-state index contributed by atoms with van der Waals surface area (Å²) in [6.45, 7) is 2.69. The lowest BCUT2D eigenvalue weighted by Crippen LogP contribution is -2.13. The number of hydrogen-bond acceptors (Lipinski definition) is 4. The molecule has 23 heavy (non-hydrogen) atoms. The van der Waals surface area contributed by atoms with Crippen molar-refractivity contribution in [2.24, 2.45) is 0 Å². The molecule has 2 aromatic carbocycles. The van der Waals surface area contributed by atoms with Gasteiger partial charge in [0.25, 0.3) is 0 Å². The zero-order valence-electron chi connectivity index (χ0n) is 12.6. The Morgan fingerprint density at radius 1 is 0.826 bits per heavy atom. The molecule has 7 heteroatoms. The zero-order valence-corrected chi connectivity index (χ0v) is 12.6. The quantitative estimate of drug-likeness (QED) is 0.607. The van der Waals surface area contributed by atoms with Crippen molar-refractivity contribution in [2.45, 2.75) is 13.8 Å². The molecular formula is C16H13BF2O4. The summed E-state index contributed by atoms with van der Waals surface area (Å²) in [6.07, 6.45) is 0. The molecule has 0 saturated heterocycles. The van der Waals surface area contributed by atoms with Crippen LogP contribution in [0.2, 0.25) is 0 Å². The molecule has 0 atom stereocenters. The number of rotatable bonds is 6. The van der Waals surface area contributed by atoms with Crippen molar-refractivity contribution in [1.29, 1.82) is 0 Å². The molecule has 0 aromatic heterocycles. The largest absolute Gasteiger partial charge is 0.576 e. The minimum atomic E-state index is -0.670. The van der Waals surface area contributed by atoms with E-state index in [4.69, 9.17) is 9.31 Å². The van der Waals surface area contributed by atoms with E-state index in [2.05, 4.69) is 0 Å². The van der Waals surface area contributed by atoms with Crippen LogP contribution in [0.4, 0.5) is 8.78 Å². The molecule has 2 aromatic rings. The molecule has 0 unspecified atom stereocenters. The van der Waals surface area contributed by atoms with Gasteiger partial charge in [-0.3, -0.25) is 9.59 Å². The van der Waals surface area contributed by atoms with Crippen molar-refractivity contribution in [1.82, 2.24) is 0 Å². The van der Waals surface area contributed by atoms with Crippen molar-refractivity contribution in [3.8, 4) is 11.5 Å². The van der Waals surface area contributed by atoms with Crippen molar-refractivity contribution < 1.29 is 27.7 Å². The van der Waals surface area contributed by atoms with Gasteiger partial charge in [-0.25, -0.2) is 8.78 Å². The molecule has 0 saturated carbocycles. The number of benzene rings is 2. The number of carbonyl (C=O) groups is 2. The molecule has 0 spiro atoms. The molecule has 0 N–H and O–H groups in total. The van der Waals surface area contributed by atoms with E-state index in [0.29, 0.717) is 0 Å². The van der Waals surface area contributed by atoms with E-state index in [1.165, 1.54) is 38.1 Å². The Balaban J connectivity index is 2.08. The number of ketones is 2. The highest BCUT2D eigenvalue weighted by atomic mass is 19.1. The summed E-state index contributed by atoms with van der Waals surface area (Å²) >= 11 is 0. The Labute approximate surface area is 132 Å². The Morgan fingerprint density at radius 2 is 1.22 bits per heavy atom. The van der Waals surface area contributed by atoms with E-state index < -0.39 is 19.3 Å². The zero-order chi connectivity index (χ0) is 17.0. The van der Waals surface area contributed by atoms with Crippen LogP contribution >= 0.6 is 0 Å². The van der Waals surface area contributed by atoms with E-state index in [-0.39, 0.29) is 34.2 Å². The van der Waals surface area contributed by atoms with Gasteiger partial charge >= 0.3 is 7.69 Å². The highest BCUT2D eigenvalue weighted by molar-refractivity contribution is 6.20. The first-order valence-electron chi connectivity index (χ1n) is 6.75. The van der Waals surface area contributed by atoms with Gasteiger partial charge in [0.05, 0.1) is 0 Å². The fourth-order valence-corrected chi connectivity index (χ4v) is 1.82. The van der Waals surface area contributed by atoms with Crippen LogP contribution in [-0.4, -0.2) is 19.3 Å². The standard InChI is InChI=1S/C16H13BF2O4/c1-9(20)11-3-5-13(18)15(7-11)22-17-23-16-8-12(10(2)21)4-6-14(16)19/h3-8,17H,1-2H3. The molecule has 0 radical (unpaired) electrons. The summed E-state index contributed by atoms with van der Waals surface area (Å²) in [7, 11) is -0.476. The fourth-order valence-electron chi connectivity index (χ4n) is 1.82. The van der Waals surface area contributed by atoms with Gasteiger partial charge in [-0.1, -0.05) is 0 Å². The lowest BCUT2D eigenvalue weighted by atomic mass is 10.1. The highest BCUT2D eigenvalue weighted by Crippen LogP contribution is 2.21. The first-order chi connectivity index (χ1) is 10.9. The van der Waals surface area contributed by atoms with Crippen LogP contribution < -0.4 is 9.31 Å². The van der Waals surface area contributed by atoms with Crippen LogP contribution in [0.25, 0.3) is 0 Å². The van der Waals surface area contributed by atoms with E-state index in [9.17, 15) is 18.4 Å². The predicted molar refractivity (Wildman–Crippen MR) is 81.2 cm³/mol. The second-order valence-electron chi connectivity index (χ2n) is 4.81. The van der Waals surface area contributed by atoms with Crippen molar-refractivity contribution in [2.75, 3.05) is 0 Å². The van der Waals surface area contributed by atoms with E-state index >= 15 is 0 Å². The van der Waals surface area contributed by atoms with Gasteiger partial charge in [0, 0.05) is 11.1 Å². The first-order valence-corrected chi connectivity index (χ1v) is 6.75. The molecule has 0 aliphatic rings. The van der Waals surface area contributed by atoms with Gasteiger partial charge in [0.15, 0.2) is 23.2 Å². The molecule has 2 rings (SSSR count). The van der Waals surface area contributed by atoms with Crippen LogP contribution in [-0.2, 0) is 0 Å². The highest BCUT2D eigenvalue weighted by Gasteiger charge is 2.12. The lowest BCUT2D eigenvalue weighted by Gasteiger charge is -2.10. The molecule has 0 aliphatic carbocycles. The van der Waals surface area contributed by atoms with E-state index in [1.54, 1.807) is 0 Å². The van der Waals surface area contributed by atoms with E-state index in [1.807, 2.05) is 0 Å². The van der Waals surface area contributed by atoms with Gasteiger partial charge in [0.1, 0.15) is 11.5 Å². The molecule has 0 heterocycles. The normalized spacial score (nSPS) is 10.1. The molecule has 0 bridgehead atoms. The minimum Gasteiger partial charge on any atom is -0.526 e. The molecule has 4 nitrogen and oxygen atoms in total. The first kappa shape index (κ1) is 16.7. The summed E-state index contributed by atoms with van der Waals surface area (Å²) < 4.78 is 37.4. The maximum Gasteiger partial charge on any atom is 0.576 e. The molecule has 0 amide bonds. The summed E-state index contributed by atoms with van der Waals surface area (Å²) in [4.78, 5) is 22.5. The monoisotopic (exact) mass is 318 g/mol. The average molecular weight is 318 g/mol. The van der Waals surface area contributed by atoms with E-state index in [0.717, 1.165) is 12.1 Å². The Hall–Kier alpha value is -2.70. The number of carbonyl (C=O) groups excluding carboxylic acids is 2. The summed E-state index contributed by atoms with van der Waals surface area (Å²) in [5.41, 5.74) is 0.567. The van der Waals surface area contributed by atoms with Crippen LogP contribution in [0.1, 0.15) is 34.6 Å². The third-order valence-electron chi connectivity index (χ3n) is 3.10. The maximum absolute atomic E-state index is 13.6. The Kier molecular flexibility index (Phi) is 5.11. The van der Waals surface area contributed by atoms with Crippen molar-refractivity contribution in [3.05, 3.63) is 59.2 Å². The summed E-state index contributed by atoms with van der Waals surface area (Å²) in [6, 6.07) is 7.35. The molecule has 0 aliphatic heterocycles. The smallest absolute Gasteiger partial charge is 0.526 e. The van der Waals surface area contributed by atoms with Crippen molar-refractivity contribution in [3.63, 3.8) is 0 Å². The van der Waals surface area contributed by atoms with Crippen LogP contribution in [0.5, 0.6) is 11.5 Å². The summed E-state index contributed by atoms with van der Waals surface area (Å²) in [5.74, 6) is -2.18. The molecule has 0 fully saturated rings. The number of halogens is 2. The fraction of sp³-hybridized carbons (Fsp3) is 0.125. The number of hydrogen-bond donors (Lipinski definition) is 0. The average Bonchev–Trinajstić information content (AvgIpc) is 2.50. The predicted octanol–water partition coefficient (Wildman–Crippen LogP) is 3.09. The maximum atomic E-state index is 13.6. The van der Waals surface area contributed by atoms with Gasteiger partial charge in [0.2, 0.25) is 0 Å². The van der Waals surface area contributed by atoms with Crippen molar-refractivity contribution >= 4 is 19.3 Å².